The summed E-state index contributed by atoms with van der Waals surface area (Å²) < 4.78 is 19.8. The highest BCUT2D eigenvalue weighted by Gasteiger charge is 2.23. The van der Waals surface area contributed by atoms with E-state index in [2.05, 4.69) is 25.5 Å². The van der Waals surface area contributed by atoms with Crippen LogP contribution in [0.2, 0.25) is 5.15 Å². The monoisotopic (exact) mass is 395 g/mol. The zero-order chi connectivity index (χ0) is 18.8. The molecule has 0 saturated carbocycles. The summed E-state index contributed by atoms with van der Waals surface area (Å²) in [5.41, 5.74) is 0.808. The maximum absolute atomic E-state index is 14.7. The predicted molar refractivity (Wildman–Crippen MR) is 94.4 cm³/mol. The Kier molecular flexibility index (Phi) is 4.96. The maximum Gasteiger partial charge on any atom is 0.324 e. The molecule has 11 heteroatoms. The summed E-state index contributed by atoms with van der Waals surface area (Å²) in [5.74, 6) is -1.34. The van der Waals surface area contributed by atoms with Gasteiger partial charge in [0.15, 0.2) is 11.0 Å². The van der Waals surface area contributed by atoms with E-state index < -0.39 is 16.6 Å². The van der Waals surface area contributed by atoms with E-state index in [9.17, 15) is 14.0 Å². The minimum Gasteiger partial charge on any atom is -0.494 e. The molecule has 3 aromatic rings. The van der Waals surface area contributed by atoms with Crippen LogP contribution in [0.4, 0.5) is 9.52 Å². The second-order valence-corrected chi connectivity index (χ2v) is 6.37. The second kappa shape index (κ2) is 7.18. The molecule has 0 aliphatic heterocycles. The number of H-pyrrole nitrogens is 1. The van der Waals surface area contributed by atoms with Crippen LogP contribution in [0.25, 0.3) is 11.1 Å². The lowest BCUT2D eigenvalue weighted by atomic mass is 10.00. The number of aromatic nitrogens is 4. The van der Waals surface area contributed by atoms with E-state index in [1.165, 1.54) is 25.6 Å². The highest BCUT2D eigenvalue weighted by Crippen LogP contribution is 2.37. The van der Waals surface area contributed by atoms with Crippen LogP contribution in [0.3, 0.4) is 0 Å². The van der Waals surface area contributed by atoms with Crippen molar-refractivity contribution in [1.82, 2.24) is 20.2 Å². The molecule has 0 aromatic carbocycles. The summed E-state index contributed by atoms with van der Waals surface area (Å²) in [6.45, 7) is 1.69. The number of aryl methyl sites for hydroxylation is 1. The topological polar surface area (TPSA) is 110 Å². The molecular formula is C15H11ClFN5O3S. The number of ether oxygens (including phenoxy) is 1. The van der Waals surface area contributed by atoms with Crippen molar-refractivity contribution in [3.05, 3.63) is 50.4 Å². The van der Waals surface area contributed by atoms with Crippen molar-refractivity contribution < 1.29 is 13.9 Å². The Morgan fingerprint density at radius 2 is 2.15 bits per heavy atom. The number of nitrogens with one attached hydrogen (secondary N) is 2. The highest BCUT2D eigenvalue weighted by atomic mass is 35.5. The van der Waals surface area contributed by atoms with Gasteiger partial charge in [0.1, 0.15) is 5.75 Å². The first-order valence-corrected chi connectivity index (χ1v) is 8.32. The fourth-order valence-corrected chi connectivity index (χ4v) is 2.89. The largest absolute Gasteiger partial charge is 0.494 e. The fourth-order valence-electron chi connectivity index (χ4n) is 2.25. The molecule has 2 N–H and O–H groups in total. The van der Waals surface area contributed by atoms with Gasteiger partial charge < -0.3 is 4.74 Å². The van der Waals surface area contributed by atoms with E-state index >= 15 is 0 Å². The van der Waals surface area contributed by atoms with E-state index in [1.54, 1.807) is 6.92 Å². The molecule has 0 unspecified atom stereocenters. The lowest BCUT2D eigenvalue weighted by molar-refractivity contribution is 0.102. The number of carbonyl (C=O) groups is 1. The van der Waals surface area contributed by atoms with Crippen LogP contribution >= 0.6 is 22.9 Å². The minimum atomic E-state index is -0.824. The third-order valence-corrected chi connectivity index (χ3v) is 4.30. The molecule has 134 valence electrons. The zero-order valence-corrected chi connectivity index (χ0v) is 15.0. The third kappa shape index (κ3) is 3.41. The van der Waals surface area contributed by atoms with Gasteiger partial charge in [0, 0.05) is 17.5 Å². The molecule has 3 heterocycles. The minimum absolute atomic E-state index is 0.0154. The van der Waals surface area contributed by atoms with Crippen LogP contribution < -0.4 is 14.9 Å². The average molecular weight is 396 g/mol. The molecule has 0 radical (unpaired) electrons. The first-order chi connectivity index (χ1) is 12.4. The second-order valence-electron chi connectivity index (χ2n) is 5.05. The Bertz CT molecular complexity index is 1050. The van der Waals surface area contributed by atoms with Crippen molar-refractivity contribution in [3.8, 4) is 16.9 Å². The molecule has 0 aliphatic rings. The number of carbonyl (C=O) groups excluding carboxylic acids is 1. The molecule has 0 fully saturated rings. The molecule has 0 aliphatic carbocycles. The van der Waals surface area contributed by atoms with Crippen molar-refractivity contribution in [2.24, 2.45) is 0 Å². The summed E-state index contributed by atoms with van der Waals surface area (Å²) in [7, 11) is 1.35. The van der Waals surface area contributed by atoms with Crippen molar-refractivity contribution in [2.75, 3.05) is 12.4 Å². The summed E-state index contributed by atoms with van der Waals surface area (Å²) in [6.07, 6.45) is 2.56. The predicted octanol–water partition coefficient (Wildman–Crippen LogP) is 2.65. The van der Waals surface area contributed by atoms with Crippen LogP contribution in [0.15, 0.2) is 23.3 Å². The van der Waals surface area contributed by atoms with Gasteiger partial charge >= 0.3 is 4.87 Å². The van der Waals surface area contributed by atoms with E-state index in [1.807, 2.05) is 0 Å². The summed E-state index contributed by atoms with van der Waals surface area (Å²) >= 11 is 6.52. The number of hydrogen-bond donors (Lipinski definition) is 2. The Balaban J connectivity index is 2.14. The number of methoxy groups -OCH3 is 1. The van der Waals surface area contributed by atoms with Crippen LogP contribution in [0.5, 0.6) is 5.75 Å². The van der Waals surface area contributed by atoms with Gasteiger partial charge in [-0.2, -0.15) is 0 Å². The average Bonchev–Trinajstić information content (AvgIpc) is 3.01. The van der Waals surface area contributed by atoms with Gasteiger partial charge in [-0.15, -0.1) is 5.10 Å². The van der Waals surface area contributed by atoms with Crippen LogP contribution in [-0.4, -0.2) is 33.2 Å². The van der Waals surface area contributed by atoms with Gasteiger partial charge in [0.05, 0.1) is 24.4 Å². The first-order valence-electron chi connectivity index (χ1n) is 7.12. The number of amides is 1. The number of anilines is 1. The van der Waals surface area contributed by atoms with Crippen molar-refractivity contribution in [1.29, 1.82) is 0 Å². The van der Waals surface area contributed by atoms with Gasteiger partial charge in [0.2, 0.25) is 5.13 Å². The standard InChI is InChI=1S/C15H11ClFN5O3S/c1-6-3-7(10-9(25-2)5-19-12(16)11(10)17)8(4-18-6)13(23)20-14-21-22-15(24)26-14/h3-5H,1-2H3,(H,22,24)(H,20,21,23). The fraction of sp³-hybridized carbons (Fsp3) is 0.133. The summed E-state index contributed by atoms with van der Waals surface area (Å²) in [6, 6.07) is 1.53. The number of nitrogens with zero attached hydrogens (tertiary/aromatic N) is 3. The van der Waals surface area contributed by atoms with Crippen LogP contribution in [0.1, 0.15) is 16.1 Å². The van der Waals surface area contributed by atoms with Gasteiger partial charge in [-0.3, -0.25) is 19.9 Å². The van der Waals surface area contributed by atoms with E-state index in [0.717, 1.165) is 11.3 Å². The smallest absolute Gasteiger partial charge is 0.324 e. The van der Waals surface area contributed by atoms with Crippen molar-refractivity contribution >= 4 is 34.0 Å². The number of halogens is 2. The molecule has 3 rings (SSSR count). The maximum atomic E-state index is 14.7. The SMILES string of the molecule is COc1cnc(Cl)c(F)c1-c1cc(C)ncc1C(=O)Nc1n[nH]c(=O)s1. The Hall–Kier alpha value is -2.85. The molecule has 0 bridgehead atoms. The van der Waals surface area contributed by atoms with Crippen molar-refractivity contribution in [2.45, 2.75) is 6.92 Å². The van der Waals surface area contributed by atoms with E-state index in [4.69, 9.17) is 16.3 Å². The molecule has 26 heavy (non-hydrogen) atoms. The van der Waals surface area contributed by atoms with Crippen molar-refractivity contribution in [3.63, 3.8) is 0 Å². The van der Waals surface area contributed by atoms with Gasteiger partial charge in [0.25, 0.3) is 5.91 Å². The summed E-state index contributed by atoms with van der Waals surface area (Å²) in [4.78, 5) is 31.1. The van der Waals surface area contributed by atoms with Gasteiger partial charge in [-0.25, -0.2) is 14.5 Å². The molecule has 0 saturated heterocycles. The van der Waals surface area contributed by atoms with Gasteiger partial charge in [-0.1, -0.05) is 11.6 Å². The number of pyridine rings is 2. The Morgan fingerprint density at radius 1 is 1.38 bits per heavy atom. The molecule has 3 aromatic heterocycles. The molecule has 1 amide bonds. The Morgan fingerprint density at radius 3 is 2.81 bits per heavy atom. The first kappa shape index (κ1) is 18.0. The summed E-state index contributed by atoms with van der Waals surface area (Å²) in [5, 5.41) is 8.04. The molecule has 8 nitrogen and oxygen atoms in total. The van der Waals surface area contributed by atoms with Crippen LogP contribution in [0, 0.1) is 12.7 Å². The quantitative estimate of drug-likeness (QED) is 0.657. The van der Waals surface area contributed by atoms with Gasteiger partial charge in [-0.05, 0) is 24.3 Å². The number of aromatic amines is 1. The zero-order valence-electron chi connectivity index (χ0n) is 13.5. The number of hydrogen-bond acceptors (Lipinski definition) is 7. The van der Waals surface area contributed by atoms with Crippen LogP contribution in [-0.2, 0) is 0 Å². The molecular weight excluding hydrogens is 385 g/mol. The number of rotatable bonds is 4. The normalized spacial score (nSPS) is 10.6. The van der Waals surface area contributed by atoms with E-state index in [-0.39, 0.29) is 32.7 Å². The third-order valence-electron chi connectivity index (χ3n) is 3.38. The Labute approximate surface area is 155 Å². The lowest BCUT2D eigenvalue weighted by Gasteiger charge is -2.14. The lowest BCUT2D eigenvalue weighted by Crippen LogP contribution is -2.14. The molecule has 0 spiro atoms. The van der Waals surface area contributed by atoms with E-state index in [0.29, 0.717) is 5.69 Å². The highest BCUT2D eigenvalue weighted by molar-refractivity contribution is 7.13. The molecule has 0 atom stereocenters.